The second-order valence-electron chi connectivity index (χ2n) is 9.42. The first kappa shape index (κ1) is 33.7. The highest BCUT2D eigenvalue weighted by Gasteiger charge is 2.13. The Hall–Kier alpha value is -1.30. The highest BCUT2D eigenvalue weighted by Crippen LogP contribution is 2.37. The number of hydrogen-bond donors (Lipinski definition) is 1. The average molecular weight is 512 g/mol. The molecule has 0 rings (SSSR count). The van der Waals surface area contributed by atoms with Crippen molar-refractivity contribution in [1.29, 1.82) is 0 Å². The maximum atomic E-state index is 11.9. The van der Waals surface area contributed by atoms with Crippen LogP contribution in [-0.2, 0) is 18.4 Å². The van der Waals surface area contributed by atoms with Crippen LogP contribution in [0.5, 0.6) is 0 Å². The van der Waals surface area contributed by atoms with E-state index in [4.69, 9.17) is 13.6 Å². The van der Waals surface area contributed by atoms with Gasteiger partial charge in [-0.3, -0.25) is 4.79 Å². The Labute approximate surface area is 217 Å². The van der Waals surface area contributed by atoms with E-state index in [1.807, 2.05) is 0 Å². The minimum atomic E-state index is -1.36. The molecule has 6 nitrogen and oxygen atoms in total. The molecule has 0 saturated carbocycles. The molecule has 0 aliphatic rings. The molecule has 1 amide bonds. The second kappa shape index (κ2) is 24.4. The number of quaternary nitrogens is 1. The topological polar surface area (TPSA) is 56.8 Å². The molecule has 0 spiro atoms. The van der Waals surface area contributed by atoms with Gasteiger partial charge in [0, 0.05) is 20.1 Å². The number of unbranched alkanes of at least 4 members (excludes halogenated alkanes) is 4. The van der Waals surface area contributed by atoms with E-state index in [0.29, 0.717) is 26.2 Å². The number of carbonyl (C=O) groups excluding carboxylic acids is 1. The van der Waals surface area contributed by atoms with Gasteiger partial charge in [0.15, 0.2) is 0 Å². The minimum Gasteiger partial charge on any atom is -0.354 e. The molecule has 1 N–H and O–H groups in total. The Bertz CT molecular complexity index is 613. The number of likely N-dealkylation sites (N-methyl/N-ethyl adjacent to an activating group) is 1. The van der Waals surface area contributed by atoms with Crippen molar-refractivity contribution >= 4 is 14.5 Å². The third-order valence-electron chi connectivity index (χ3n) is 4.96. The van der Waals surface area contributed by atoms with E-state index < -0.39 is 8.60 Å². The SMILES string of the molecule is CCCCC/C=C\C/C=C\C/C=C\C/C=C\CCCC(=O)NCCOP(OC)OCC[N+](C)(C)C. The van der Waals surface area contributed by atoms with Crippen LogP contribution < -0.4 is 5.32 Å². The van der Waals surface area contributed by atoms with Crippen LogP contribution in [0.4, 0.5) is 0 Å². The first-order chi connectivity index (χ1) is 16.9. The predicted octanol–water partition coefficient (Wildman–Crippen LogP) is 6.86. The first-order valence-electron chi connectivity index (χ1n) is 13.2. The molecule has 202 valence electrons. The van der Waals surface area contributed by atoms with Crippen molar-refractivity contribution < 1.29 is 22.8 Å². The summed E-state index contributed by atoms with van der Waals surface area (Å²) in [5.41, 5.74) is 0. The van der Waals surface area contributed by atoms with Crippen LogP contribution in [-0.4, -0.2) is 64.9 Å². The summed E-state index contributed by atoms with van der Waals surface area (Å²) in [6.07, 6.45) is 28.1. The van der Waals surface area contributed by atoms with Crippen LogP contribution >= 0.6 is 8.60 Å². The lowest BCUT2D eigenvalue weighted by molar-refractivity contribution is -0.870. The highest BCUT2D eigenvalue weighted by molar-refractivity contribution is 7.41. The van der Waals surface area contributed by atoms with Crippen LogP contribution in [0.1, 0.15) is 71.1 Å². The zero-order chi connectivity index (χ0) is 26.0. The lowest BCUT2D eigenvalue weighted by Gasteiger charge is -2.24. The lowest BCUT2D eigenvalue weighted by Crippen LogP contribution is -2.37. The Morgan fingerprint density at radius 2 is 1.34 bits per heavy atom. The van der Waals surface area contributed by atoms with Gasteiger partial charge in [0.05, 0.1) is 27.7 Å². The number of rotatable bonds is 23. The fraction of sp³-hybridized carbons (Fsp3) is 0.679. The second-order valence-corrected chi connectivity index (χ2v) is 10.7. The van der Waals surface area contributed by atoms with Crippen LogP contribution in [0.3, 0.4) is 0 Å². The van der Waals surface area contributed by atoms with Crippen molar-refractivity contribution in [3.8, 4) is 0 Å². The largest absolute Gasteiger partial charge is 0.354 e. The summed E-state index contributed by atoms with van der Waals surface area (Å²) in [6.45, 7) is 4.53. The van der Waals surface area contributed by atoms with Crippen LogP contribution in [0.2, 0.25) is 0 Å². The minimum absolute atomic E-state index is 0.0529. The van der Waals surface area contributed by atoms with Gasteiger partial charge < -0.3 is 23.4 Å². The molecule has 0 saturated heterocycles. The zero-order valence-electron chi connectivity index (χ0n) is 23.0. The molecule has 0 aromatic heterocycles. The number of hydrogen-bond acceptors (Lipinski definition) is 4. The maximum absolute atomic E-state index is 11.9. The van der Waals surface area contributed by atoms with Gasteiger partial charge in [-0.15, -0.1) is 0 Å². The molecule has 1 unspecified atom stereocenters. The molecule has 1 atom stereocenters. The Morgan fingerprint density at radius 1 is 0.800 bits per heavy atom. The molecule has 0 aromatic carbocycles. The molecule has 7 heteroatoms. The van der Waals surface area contributed by atoms with Crippen LogP contribution in [0, 0.1) is 0 Å². The van der Waals surface area contributed by atoms with Crippen molar-refractivity contribution in [3.63, 3.8) is 0 Å². The third kappa shape index (κ3) is 27.1. The van der Waals surface area contributed by atoms with E-state index in [0.717, 1.165) is 43.1 Å². The highest BCUT2D eigenvalue weighted by atomic mass is 31.2. The number of amides is 1. The van der Waals surface area contributed by atoms with E-state index in [1.165, 1.54) is 25.7 Å². The molecule has 0 fully saturated rings. The van der Waals surface area contributed by atoms with Gasteiger partial charge in [0.25, 0.3) is 0 Å². The summed E-state index contributed by atoms with van der Waals surface area (Å²) in [6, 6.07) is 0. The average Bonchev–Trinajstić information content (AvgIpc) is 2.81. The molecule has 0 aliphatic carbocycles. The van der Waals surface area contributed by atoms with E-state index in [2.05, 4.69) is 82.0 Å². The van der Waals surface area contributed by atoms with Crippen LogP contribution in [0.15, 0.2) is 48.6 Å². The van der Waals surface area contributed by atoms with Crippen LogP contribution in [0.25, 0.3) is 0 Å². The van der Waals surface area contributed by atoms with Gasteiger partial charge in [-0.25, -0.2) is 0 Å². The third-order valence-corrected chi connectivity index (χ3v) is 6.05. The van der Waals surface area contributed by atoms with Crippen molar-refractivity contribution in [2.24, 2.45) is 0 Å². The Morgan fingerprint density at radius 3 is 1.89 bits per heavy atom. The van der Waals surface area contributed by atoms with Crippen molar-refractivity contribution in [2.75, 3.05) is 54.6 Å². The quantitative estimate of drug-likeness (QED) is 0.0705. The molecular formula is C28H52N2O4P+. The molecule has 0 bridgehead atoms. The van der Waals surface area contributed by atoms with Gasteiger partial charge in [0.1, 0.15) is 13.2 Å². The first-order valence-corrected chi connectivity index (χ1v) is 14.3. The van der Waals surface area contributed by atoms with Gasteiger partial charge in [-0.1, -0.05) is 68.4 Å². The van der Waals surface area contributed by atoms with E-state index >= 15 is 0 Å². The van der Waals surface area contributed by atoms with Gasteiger partial charge in [-0.05, 0) is 44.9 Å². The summed E-state index contributed by atoms with van der Waals surface area (Å²) in [5.74, 6) is 0.0529. The zero-order valence-corrected chi connectivity index (χ0v) is 23.9. The fourth-order valence-electron chi connectivity index (χ4n) is 2.87. The van der Waals surface area contributed by atoms with Gasteiger partial charge in [0.2, 0.25) is 5.91 Å². The van der Waals surface area contributed by atoms with E-state index in [1.54, 1.807) is 7.11 Å². The number of carbonyl (C=O) groups is 1. The molecule has 0 aliphatic heterocycles. The molecular weight excluding hydrogens is 459 g/mol. The Kier molecular flexibility index (Phi) is 23.5. The lowest BCUT2D eigenvalue weighted by atomic mass is 10.2. The normalized spacial score (nSPS) is 13.6. The van der Waals surface area contributed by atoms with Gasteiger partial charge >= 0.3 is 8.60 Å². The van der Waals surface area contributed by atoms with Crippen molar-refractivity contribution in [2.45, 2.75) is 71.1 Å². The molecule has 0 aromatic rings. The fourth-order valence-corrected chi connectivity index (χ4v) is 3.63. The Balaban J connectivity index is 3.62. The number of allylic oxidation sites excluding steroid dienone is 8. The van der Waals surface area contributed by atoms with Gasteiger partial charge in [-0.2, -0.15) is 0 Å². The monoisotopic (exact) mass is 511 g/mol. The maximum Gasteiger partial charge on any atom is 0.332 e. The summed E-state index contributed by atoms with van der Waals surface area (Å²) < 4.78 is 17.2. The summed E-state index contributed by atoms with van der Waals surface area (Å²) in [7, 11) is 6.55. The summed E-state index contributed by atoms with van der Waals surface area (Å²) in [4.78, 5) is 11.9. The van der Waals surface area contributed by atoms with E-state index in [-0.39, 0.29) is 5.91 Å². The molecule has 0 radical (unpaired) electrons. The predicted molar refractivity (Wildman–Crippen MR) is 150 cm³/mol. The summed E-state index contributed by atoms with van der Waals surface area (Å²) >= 11 is 0. The molecule has 35 heavy (non-hydrogen) atoms. The summed E-state index contributed by atoms with van der Waals surface area (Å²) in [5, 5.41) is 2.88. The number of nitrogens with one attached hydrogen (secondary N) is 1. The number of nitrogens with zero attached hydrogens (tertiary/aromatic N) is 1. The van der Waals surface area contributed by atoms with Crippen molar-refractivity contribution in [1.82, 2.24) is 5.32 Å². The smallest absolute Gasteiger partial charge is 0.332 e. The standard InChI is InChI=1S/C28H51N2O4P/c1-6-7-8-9-10-11-12-13-14-15-16-17-18-19-20-21-22-23-28(31)29-24-26-33-35(32-5)34-27-25-30(2,3)4/h10-11,13-14,16-17,19-20H,6-9,12,15,18,21-27H2,1-5H3/p+1/b11-10-,14-13-,17-16-,20-19-. The van der Waals surface area contributed by atoms with Crippen molar-refractivity contribution in [3.05, 3.63) is 48.6 Å². The van der Waals surface area contributed by atoms with E-state index in [9.17, 15) is 4.79 Å². The molecule has 0 heterocycles.